The molecule has 1 aliphatic rings. The average molecular weight is 339 g/mol. The van der Waals surface area contributed by atoms with Crippen molar-refractivity contribution in [1.82, 2.24) is 14.9 Å². The summed E-state index contributed by atoms with van der Waals surface area (Å²) in [4.78, 5) is 11.1. The Hall–Kier alpha value is -1.12. The van der Waals surface area contributed by atoms with Gasteiger partial charge in [-0.25, -0.2) is 9.97 Å². The highest BCUT2D eigenvalue weighted by atomic mass is 16.7. The number of hydrogen-bond donors (Lipinski definition) is 0. The number of nitrogens with zero attached hydrogens (tertiary/aromatic N) is 3. The van der Waals surface area contributed by atoms with Crippen LogP contribution in [0.3, 0.4) is 0 Å². The van der Waals surface area contributed by atoms with Crippen molar-refractivity contribution in [3.05, 3.63) is 23.8 Å². The lowest BCUT2D eigenvalue weighted by atomic mass is 10.2. The molecule has 0 N–H and O–H groups in total. The molecule has 136 valence electrons. The third kappa shape index (κ3) is 5.46. The van der Waals surface area contributed by atoms with E-state index in [0.29, 0.717) is 25.6 Å². The van der Waals surface area contributed by atoms with Crippen molar-refractivity contribution in [2.24, 2.45) is 0 Å². The monoisotopic (exact) mass is 339 g/mol. The molecule has 0 bridgehead atoms. The van der Waals surface area contributed by atoms with E-state index in [1.165, 1.54) is 0 Å². The van der Waals surface area contributed by atoms with Gasteiger partial charge in [0.2, 0.25) is 0 Å². The first-order valence-electron chi connectivity index (χ1n) is 8.65. The van der Waals surface area contributed by atoms with Gasteiger partial charge in [-0.2, -0.15) is 0 Å². The Bertz CT molecular complexity index is 457. The van der Waals surface area contributed by atoms with E-state index >= 15 is 0 Å². The summed E-state index contributed by atoms with van der Waals surface area (Å²) in [6.07, 6.45) is 3.53. The summed E-state index contributed by atoms with van der Waals surface area (Å²) in [5.41, 5.74) is 0.994. The van der Waals surface area contributed by atoms with Gasteiger partial charge >= 0.3 is 0 Å². The Morgan fingerprint density at radius 3 is 2.33 bits per heavy atom. The van der Waals surface area contributed by atoms with E-state index in [2.05, 4.69) is 14.9 Å². The van der Waals surface area contributed by atoms with Crippen LogP contribution in [0.5, 0.6) is 0 Å². The maximum atomic E-state index is 5.88. The molecule has 1 saturated heterocycles. The second kappa shape index (κ2) is 10.0. The quantitative estimate of drug-likeness (QED) is 0.471. The molecule has 0 radical (unpaired) electrons. The van der Waals surface area contributed by atoms with E-state index in [9.17, 15) is 0 Å². The molecule has 0 amide bonds. The Kier molecular flexibility index (Phi) is 8.01. The summed E-state index contributed by atoms with van der Waals surface area (Å²) in [6.45, 7) is 12.0. The first-order valence-corrected chi connectivity index (χ1v) is 8.65. The standard InChI is InChI=1S/C17H29N3O4/c1-4-23-17(24-5-2,16-18-12-15(3)13-19-16)14-22-11-8-20-6-9-21-10-7-20/h12-13H,4-11,14H2,1-3H3. The van der Waals surface area contributed by atoms with Crippen LogP contribution in [0.4, 0.5) is 0 Å². The molecule has 1 aliphatic heterocycles. The fourth-order valence-electron chi connectivity index (χ4n) is 2.60. The second-order valence-electron chi connectivity index (χ2n) is 5.71. The zero-order chi connectivity index (χ0) is 17.3. The Balaban J connectivity index is 1.95. The van der Waals surface area contributed by atoms with Gasteiger partial charge in [-0.3, -0.25) is 4.90 Å². The molecule has 1 fully saturated rings. The summed E-state index contributed by atoms with van der Waals surface area (Å²) < 4.78 is 23.0. The van der Waals surface area contributed by atoms with Crippen molar-refractivity contribution in [2.75, 3.05) is 59.3 Å². The maximum Gasteiger partial charge on any atom is 0.254 e. The van der Waals surface area contributed by atoms with Gasteiger partial charge in [-0.15, -0.1) is 0 Å². The van der Waals surface area contributed by atoms with E-state index in [1.54, 1.807) is 12.4 Å². The third-order valence-corrected chi connectivity index (χ3v) is 3.82. The van der Waals surface area contributed by atoms with Crippen molar-refractivity contribution in [1.29, 1.82) is 0 Å². The van der Waals surface area contributed by atoms with Crippen LogP contribution < -0.4 is 0 Å². The normalized spacial score (nSPS) is 16.5. The third-order valence-electron chi connectivity index (χ3n) is 3.82. The Morgan fingerprint density at radius 2 is 1.75 bits per heavy atom. The highest BCUT2D eigenvalue weighted by molar-refractivity contribution is 5.06. The fourth-order valence-corrected chi connectivity index (χ4v) is 2.60. The molecule has 7 nitrogen and oxygen atoms in total. The minimum Gasteiger partial charge on any atom is -0.379 e. The fraction of sp³-hybridized carbons (Fsp3) is 0.765. The lowest BCUT2D eigenvalue weighted by molar-refractivity contribution is -0.272. The van der Waals surface area contributed by atoms with E-state index < -0.39 is 5.79 Å². The zero-order valence-electron chi connectivity index (χ0n) is 15.0. The lowest BCUT2D eigenvalue weighted by Gasteiger charge is -2.32. The molecule has 1 aromatic heterocycles. The van der Waals surface area contributed by atoms with Crippen molar-refractivity contribution >= 4 is 0 Å². The molecule has 0 aromatic carbocycles. The number of morpholine rings is 1. The summed E-state index contributed by atoms with van der Waals surface area (Å²) in [6, 6.07) is 0. The van der Waals surface area contributed by atoms with Gasteiger partial charge in [0.05, 0.1) is 19.8 Å². The average Bonchev–Trinajstić information content (AvgIpc) is 2.60. The van der Waals surface area contributed by atoms with Gasteiger partial charge < -0.3 is 18.9 Å². The molecular formula is C17H29N3O4. The zero-order valence-corrected chi connectivity index (χ0v) is 15.0. The molecule has 0 spiro atoms. The van der Waals surface area contributed by atoms with Crippen LogP contribution in [0.2, 0.25) is 0 Å². The number of aromatic nitrogens is 2. The van der Waals surface area contributed by atoms with E-state index in [0.717, 1.165) is 38.4 Å². The van der Waals surface area contributed by atoms with Crippen LogP contribution >= 0.6 is 0 Å². The summed E-state index contributed by atoms with van der Waals surface area (Å²) in [5, 5.41) is 0. The smallest absolute Gasteiger partial charge is 0.254 e. The van der Waals surface area contributed by atoms with E-state index in [-0.39, 0.29) is 6.61 Å². The predicted octanol–water partition coefficient (Wildman–Crippen LogP) is 1.36. The topological polar surface area (TPSA) is 65.9 Å². The molecule has 0 aliphatic carbocycles. The van der Waals surface area contributed by atoms with E-state index in [1.807, 2.05) is 20.8 Å². The van der Waals surface area contributed by atoms with Gasteiger partial charge in [0.15, 0.2) is 5.82 Å². The van der Waals surface area contributed by atoms with Gasteiger partial charge in [-0.1, -0.05) is 0 Å². The molecule has 24 heavy (non-hydrogen) atoms. The molecule has 0 unspecified atom stereocenters. The number of aryl methyl sites for hydroxylation is 1. The summed E-state index contributed by atoms with van der Waals surface area (Å²) in [5.74, 6) is -0.550. The Morgan fingerprint density at radius 1 is 1.12 bits per heavy atom. The second-order valence-corrected chi connectivity index (χ2v) is 5.71. The predicted molar refractivity (Wildman–Crippen MR) is 89.8 cm³/mol. The molecule has 1 aromatic rings. The molecule has 7 heteroatoms. The molecule has 0 saturated carbocycles. The highest BCUT2D eigenvalue weighted by Gasteiger charge is 2.37. The molecular weight excluding hydrogens is 310 g/mol. The highest BCUT2D eigenvalue weighted by Crippen LogP contribution is 2.25. The van der Waals surface area contributed by atoms with Crippen LogP contribution in [-0.4, -0.2) is 74.1 Å². The van der Waals surface area contributed by atoms with E-state index in [4.69, 9.17) is 18.9 Å². The van der Waals surface area contributed by atoms with Gasteiger partial charge in [0.1, 0.15) is 6.61 Å². The minimum absolute atomic E-state index is 0.266. The van der Waals surface area contributed by atoms with Crippen LogP contribution in [-0.2, 0) is 24.7 Å². The van der Waals surface area contributed by atoms with Crippen LogP contribution in [0.1, 0.15) is 25.2 Å². The van der Waals surface area contributed by atoms with Gasteiger partial charge in [0, 0.05) is 45.2 Å². The number of ether oxygens (including phenoxy) is 4. The molecule has 0 atom stereocenters. The number of rotatable bonds is 10. The first-order chi connectivity index (χ1) is 11.7. The minimum atomic E-state index is -1.05. The van der Waals surface area contributed by atoms with Gasteiger partial charge in [-0.05, 0) is 26.3 Å². The lowest BCUT2D eigenvalue weighted by Crippen LogP contribution is -2.42. The van der Waals surface area contributed by atoms with Crippen molar-refractivity contribution in [2.45, 2.75) is 26.6 Å². The van der Waals surface area contributed by atoms with Crippen molar-refractivity contribution in [3.63, 3.8) is 0 Å². The van der Waals surface area contributed by atoms with Crippen molar-refractivity contribution in [3.8, 4) is 0 Å². The maximum absolute atomic E-state index is 5.88. The van der Waals surface area contributed by atoms with Gasteiger partial charge in [0.25, 0.3) is 5.79 Å². The van der Waals surface area contributed by atoms with Crippen LogP contribution in [0.25, 0.3) is 0 Å². The van der Waals surface area contributed by atoms with Crippen LogP contribution in [0, 0.1) is 6.92 Å². The molecule has 2 rings (SSSR count). The van der Waals surface area contributed by atoms with Crippen molar-refractivity contribution < 1.29 is 18.9 Å². The van der Waals surface area contributed by atoms with Crippen LogP contribution in [0.15, 0.2) is 12.4 Å². The number of hydrogen-bond acceptors (Lipinski definition) is 7. The summed E-state index contributed by atoms with van der Waals surface area (Å²) in [7, 11) is 0. The largest absolute Gasteiger partial charge is 0.379 e. The first kappa shape index (κ1) is 19.2. The Labute approximate surface area is 144 Å². The SMILES string of the molecule is CCOC(COCCN1CCOCC1)(OCC)c1ncc(C)cn1. The molecule has 2 heterocycles. The summed E-state index contributed by atoms with van der Waals surface area (Å²) >= 11 is 0.